The lowest BCUT2D eigenvalue weighted by Gasteiger charge is -2.13. The van der Waals surface area contributed by atoms with Gasteiger partial charge in [0.1, 0.15) is 0 Å². The van der Waals surface area contributed by atoms with Crippen molar-refractivity contribution in [2.75, 3.05) is 26.9 Å². The van der Waals surface area contributed by atoms with Crippen molar-refractivity contribution in [1.82, 2.24) is 9.78 Å². The van der Waals surface area contributed by atoms with E-state index in [-0.39, 0.29) is 6.04 Å². The van der Waals surface area contributed by atoms with Gasteiger partial charge in [-0.25, -0.2) is 0 Å². The van der Waals surface area contributed by atoms with Crippen molar-refractivity contribution in [3.8, 4) is 0 Å². The van der Waals surface area contributed by atoms with E-state index in [1.165, 1.54) is 5.69 Å². The zero-order valence-corrected chi connectivity index (χ0v) is 14.3. The molecule has 0 bridgehead atoms. The summed E-state index contributed by atoms with van der Waals surface area (Å²) in [7, 11) is 1.67. The summed E-state index contributed by atoms with van der Waals surface area (Å²) < 4.78 is 13.5. The van der Waals surface area contributed by atoms with Gasteiger partial charge in [0, 0.05) is 32.7 Å². The Morgan fingerprint density at radius 1 is 1.30 bits per heavy atom. The average Bonchev–Trinajstić information content (AvgIpc) is 2.75. The fourth-order valence-electron chi connectivity index (χ4n) is 2.04. The number of halogens is 1. The Morgan fingerprint density at radius 2 is 2.05 bits per heavy atom. The van der Waals surface area contributed by atoms with Crippen LogP contribution in [0.4, 0.5) is 0 Å². The maximum absolute atomic E-state index is 6.19. The monoisotopic (exact) mass is 347 g/mol. The molecule has 0 aliphatic rings. The van der Waals surface area contributed by atoms with E-state index in [2.05, 4.69) is 34.9 Å². The number of nitrogens with two attached hydrogens (primary N) is 1. The first-order valence-corrected chi connectivity index (χ1v) is 7.99. The van der Waals surface area contributed by atoms with Crippen LogP contribution in [0.2, 0.25) is 0 Å². The molecule has 0 radical (unpaired) electrons. The molecule has 1 heterocycles. The highest BCUT2D eigenvalue weighted by Crippen LogP contribution is 2.23. The van der Waals surface area contributed by atoms with E-state index >= 15 is 0 Å². The van der Waals surface area contributed by atoms with Crippen molar-refractivity contribution in [3.63, 3.8) is 0 Å². The lowest BCUT2D eigenvalue weighted by molar-refractivity contribution is 0.0671. The third-order valence-electron chi connectivity index (χ3n) is 3.21. The van der Waals surface area contributed by atoms with Crippen LogP contribution in [0.3, 0.4) is 0 Å². The fraction of sp³-hybridized carbons (Fsp3) is 0.786. The number of hydrogen-bond donors (Lipinski definition) is 1. The molecule has 0 aliphatic carbocycles. The van der Waals surface area contributed by atoms with Gasteiger partial charge in [0.05, 0.1) is 29.1 Å². The van der Waals surface area contributed by atoms with E-state index in [0.29, 0.717) is 19.8 Å². The Morgan fingerprint density at radius 3 is 2.65 bits per heavy atom. The highest BCUT2D eigenvalue weighted by molar-refractivity contribution is 9.10. The lowest BCUT2D eigenvalue weighted by Crippen LogP contribution is -2.26. The SMILES string of the molecule is CCc1nn(CC)c(CC(N)CCOCCOC)c1Br. The van der Waals surface area contributed by atoms with Crippen LogP contribution in [0, 0.1) is 0 Å². The van der Waals surface area contributed by atoms with E-state index in [9.17, 15) is 0 Å². The molecule has 20 heavy (non-hydrogen) atoms. The number of aromatic nitrogens is 2. The fourth-order valence-corrected chi connectivity index (χ4v) is 2.77. The smallest absolute Gasteiger partial charge is 0.0766 e. The second-order valence-corrected chi connectivity index (χ2v) is 5.53. The van der Waals surface area contributed by atoms with Gasteiger partial charge in [-0.2, -0.15) is 5.10 Å². The van der Waals surface area contributed by atoms with Crippen LogP contribution in [0.5, 0.6) is 0 Å². The topological polar surface area (TPSA) is 62.3 Å². The van der Waals surface area contributed by atoms with Crippen LogP contribution in [-0.4, -0.2) is 42.8 Å². The summed E-state index contributed by atoms with van der Waals surface area (Å²) >= 11 is 3.65. The molecule has 0 spiro atoms. The van der Waals surface area contributed by atoms with Gasteiger partial charge in [-0.15, -0.1) is 0 Å². The predicted octanol–water partition coefficient (Wildman–Crippen LogP) is 2.15. The summed E-state index contributed by atoms with van der Waals surface area (Å²) in [5.74, 6) is 0. The van der Waals surface area contributed by atoms with E-state index in [4.69, 9.17) is 15.2 Å². The largest absolute Gasteiger partial charge is 0.382 e. The second kappa shape index (κ2) is 9.50. The Labute approximate surface area is 129 Å². The second-order valence-electron chi connectivity index (χ2n) is 4.73. The summed E-state index contributed by atoms with van der Waals surface area (Å²) in [6, 6.07) is 0.0838. The van der Waals surface area contributed by atoms with Crippen LogP contribution >= 0.6 is 15.9 Å². The Kier molecular flexibility index (Phi) is 8.37. The highest BCUT2D eigenvalue weighted by Gasteiger charge is 2.16. The molecule has 1 unspecified atom stereocenters. The molecular weight excluding hydrogens is 322 g/mol. The Bertz CT molecular complexity index is 396. The van der Waals surface area contributed by atoms with Gasteiger partial charge in [-0.1, -0.05) is 6.92 Å². The molecule has 1 rings (SSSR count). The molecule has 1 aromatic rings. The third kappa shape index (κ3) is 5.16. The van der Waals surface area contributed by atoms with Gasteiger partial charge in [0.2, 0.25) is 0 Å². The minimum atomic E-state index is 0.0838. The lowest BCUT2D eigenvalue weighted by atomic mass is 10.1. The molecule has 0 saturated heterocycles. The molecule has 6 heteroatoms. The van der Waals surface area contributed by atoms with Crippen LogP contribution in [0.25, 0.3) is 0 Å². The molecule has 5 nitrogen and oxygen atoms in total. The molecule has 0 amide bonds. The molecule has 0 aromatic carbocycles. The maximum Gasteiger partial charge on any atom is 0.0766 e. The van der Waals surface area contributed by atoms with Crippen molar-refractivity contribution < 1.29 is 9.47 Å². The highest BCUT2D eigenvalue weighted by atomic mass is 79.9. The van der Waals surface area contributed by atoms with Gasteiger partial charge >= 0.3 is 0 Å². The zero-order valence-electron chi connectivity index (χ0n) is 12.7. The number of nitrogens with zero attached hydrogens (tertiary/aromatic N) is 2. The minimum Gasteiger partial charge on any atom is -0.382 e. The van der Waals surface area contributed by atoms with Crippen LogP contribution in [0.1, 0.15) is 31.7 Å². The predicted molar refractivity (Wildman–Crippen MR) is 84.0 cm³/mol. The van der Waals surface area contributed by atoms with Gasteiger partial charge in [0.25, 0.3) is 0 Å². The molecule has 0 aliphatic heterocycles. The summed E-state index contributed by atoms with van der Waals surface area (Å²) in [5, 5.41) is 4.59. The van der Waals surface area contributed by atoms with Crippen molar-refractivity contribution in [2.45, 2.75) is 45.7 Å². The van der Waals surface area contributed by atoms with Crippen LogP contribution in [0.15, 0.2) is 4.47 Å². The van der Waals surface area contributed by atoms with Crippen LogP contribution < -0.4 is 5.73 Å². The van der Waals surface area contributed by atoms with Gasteiger partial charge in [0.15, 0.2) is 0 Å². The molecule has 0 fully saturated rings. The van der Waals surface area contributed by atoms with Gasteiger partial charge in [-0.05, 0) is 35.7 Å². The van der Waals surface area contributed by atoms with E-state index in [1.807, 2.05) is 4.68 Å². The summed E-state index contributed by atoms with van der Waals surface area (Å²) in [6.07, 6.45) is 2.58. The first-order chi connectivity index (χ1) is 9.63. The quantitative estimate of drug-likeness (QED) is 0.658. The van der Waals surface area contributed by atoms with Crippen molar-refractivity contribution >= 4 is 15.9 Å². The number of methoxy groups -OCH3 is 1. The number of hydrogen-bond acceptors (Lipinski definition) is 4. The normalized spacial score (nSPS) is 12.8. The zero-order chi connectivity index (χ0) is 15.0. The number of ether oxygens (including phenoxy) is 2. The number of rotatable bonds is 10. The van der Waals surface area contributed by atoms with E-state index in [1.54, 1.807) is 7.11 Å². The van der Waals surface area contributed by atoms with Gasteiger partial charge < -0.3 is 15.2 Å². The van der Waals surface area contributed by atoms with Crippen LogP contribution in [-0.2, 0) is 28.9 Å². The first-order valence-electron chi connectivity index (χ1n) is 7.20. The molecule has 116 valence electrons. The summed E-state index contributed by atoms with van der Waals surface area (Å²) in [6.45, 7) is 7.00. The molecule has 2 N–H and O–H groups in total. The molecular formula is C14H26BrN3O2. The molecule has 1 aromatic heterocycles. The average molecular weight is 348 g/mol. The Hall–Kier alpha value is -0.430. The third-order valence-corrected chi connectivity index (χ3v) is 4.13. The van der Waals surface area contributed by atoms with Crippen molar-refractivity contribution in [2.24, 2.45) is 5.73 Å². The minimum absolute atomic E-state index is 0.0838. The van der Waals surface area contributed by atoms with E-state index < -0.39 is 0 Å². The van der Waals surface area contributed by atoms with Crippen molar-refractivity contribution in [3.05, 3.63) is 15.9 Å². The summed E-state index contributed by atoms with van der Waals surface area (Å²) in [4.78, 5) is 0. The first kappa shape index (κ1) is 17.6. The standard InChI is InChI=1S/C14H26BrN3O2/c1-4-12-14(15)13(18(5-2)17-12)10-11(16)6-7-20-9-8-19-3/h11H,4-10,16H2,1-3H3. The van der Waals surface area contributed by atoms with E-state index in [0.717, 1.165) is 36.0 Å². The molecule has 0 saturated carbocycles. The summed E-state index contributed by atoms with van der Waals surface area (Å²) in [5.41, 5.74) is 8.48. The maximum atomic E-state index is 6.19. The Balaban J connectivity index is 2.48. The molecule has 1 atom stereocenters. The number of aryl methyl sites for hydroxylation is 2. The van der Waals surface area contributed by atoms with Gasteiger partial charge in [-0.3, -0.25) is 4.68 Å². The van der Waals surface area contributed by atoms with Crippen molar-refractivity contribution in [1.29, 1.82) is 0 Å².